The number of likely N-dealkylation sites (N-methyl/N-ethyl adjacent to an activating group) is 1. The van der Waals surface area contributed by atoms with Gasteiger partial charge < -0.3 is 4.90 Å². The predicted molar refractivity (Wildman–Crippen MR) is 68.4 cm³/mol. The zero-order chi connectivity index (χ0) is 12.1. The van der Waals surface area contributed by atoms with Crippen molar-refractivity contribution < 1.29 is 0 Å². The Balaban J connectivity index is 1.98. The molecule has 1 unspecified atom stereocenters. The molecule has 1 aromatic carbocycles. The average Bonchev–Trinajstić information content (AvgIpc) is 2.38. The fourth-order valence-corrected chi connectivity index (χ4v) is 2.41. The number of nitrogens with zero attached hydrogens (tertiary/aromatic N) is 2. The lowest BCUT2D eigenvalue weighted by molar-refractivity contribution is 0.183. The first-order valence-electron chi connectivity index (χ1n) is 6.13. The van der Waals surface area contributed by atoms with Crippen LogP contribution in [-0.2, 0) is 6.54 Å². The number of hydrogen-bond donors (Lipinski definition) is 1. The third-order valence-corrected chi connectivity index (χ3v) is 3.37. The molecule has 90 valence electrons. The molecule has 0 spiro atoms. The first-order chi connectivity index (χ1) is 8.24. The van der Waals surface area contributed by atoms with Crippen LogP contribution in [0.15, 0.2) is 30.3 Å². The molecule has 1 aliphatic rings. The highest BCUT2D eigenvalue weighted by Gasteiger charge is 2.33. The summed E-state index contributed by atoms with van der Waals surface area (Å²) >= 11 is 0. The molecule has 1 aliphatic heterocycles. The summed E-state index contributed by atoms with van der Waals surface area (Å²) in [5.41, 5.74) is 0.860. The molecule has 0 aliphatic carbocycles. The van der Waals surface area contributed by atoms with E-state index in [1.54, 1.807) is 0 Å². The van der Waals surface area contributed by atoms with E-state index in [1.165, 1.54) is 5.56 Å². The van der Waals surface area contributed by atoms with Gasteiger partial charge >= 0.3 is 0 Å². The molecule has 0 aromatic heterocycles. The van der Waals surface area contributed by atoms with E-state index in [0.717, 1.165) is 32.5 Å². The number of benzene rings is 1. The molecule has 0 bridgehead atoms. The molecule has 1 aromatic rings. The van der Waals surface area contributed by atoms with Crippen LogP contribution in [0.3, 0.4) is 0 Å². The maximum absolute atomic E-state index is 9.40. The third-order valence-electron chi connectivity index (χ3n) is 3.37. The van der Waals surface area contributed by atoms with Crippen molar-refractivity contribution in [1.82, 2.24) is 10.2 Å². The molecule has 1 heterocycles. The van der Waals surface area contributed by atoms with Crippen LogP contribution < -0.4 is 5.32 Å². The summed E-state index contributed by atoms with van der Waals surface area (Å²) < 4.78 is 0. The minimum Gasteiger partial charge on any atom is -0.303 e. The highest BCUT2D eigenvalue weighted by Crippen LogP contribution is 2.20. The Morgan fingerprint density at radius 3 is 2.82 bits per heavy atom. The Hall–Kier alpha value is -1.37. The standard InChI is InChI=1S/C14H19N3/c1-17-9-5-8-14(11-15,12-17)16-10-13-6-3-2-4-7-13/h2-4,6-7,16H,5,8-10,12H2,1H3. The molecule has 0 radical (unpaired) electrons. The SMILES string of the molecule is CN1CCCC(C#N)(NCc2ccccc2)C1. The van der Waals surface area contributed by atoms with Crippen molar-refractivity contribution in [3.63, 3.8) is 0 Å². The minimum atomic E-state index is -0.372. The van der Waals surface area contributed by atoms with E-state index < -0.39 is 0 Å². The lowest BCUT2D eigenvalue weighted by Gasteiger charge is -2.37. The summed E-state index contributed by atoms with van der Waals surface area (Å²) in [5.74, 6) is 0. The molecule has 1 fully saturated rings. The molecular formula is C14H19N3. The summed E-state index contributed by atoms with van der Waals surface area (Å²) in [5, 5.41) is 12.8. The van der Waals surface area contributed by atoms with Gasteiger partial charge in [-0.3, -0.25) is 5.32 Å². The first-order valence-corrected chi connectivity index (χ1v) is 6.13. The van der Waals surface area contributed by atoms with Gasteiger partial charge in [0.2, 0.25) is 0 Å². The molecule has 3 nitrogen and oxygen atoms in total. The van der Waals surface area contributed by atoms with Crippen LogP contribution in [-0.4, -0.2) is 30.6 Å². The van der Waals surface area contributed by atoms with E-state index in [-0.39, 0.29) is 5.54 Å². The fourth-order valence-electron chi connectivity index (χ4n) is 2.41. The maximum atomic E-state index is 9.40. The number of likely N-dealkylation sites (tertiary alicyclic amines) is 1. The van der Waals surface area contributed by atoms with E-state index in [4.69, 9.17) is 0 Å². The summed E-state index contributed by atoms with van der Waals surface area (Å²) in [7, 11) is 2.08. The predicted octanol–water partition coefficient (Wildman–Crippen LogP) is 1.76. The average molecular weight is 229 g/mol. The molecule has 1 N–H and O–H groups in total. The normalized spacial score (nSPS) is 25.4. The second-order valence-corrected chi connectivity index (χ2v) is 4.87. The van der Waals surface area contributed by atoms with Crippen molar-refractivity contribution >= 4 is 0 Å². The molecule has 3 heteroatoms. The van der Waals surface area contributed by atoms with Crippen LogP contribution in [0.5, 0.6) is 0 Å². The van der Waals surface area contributed by atoms with Gasteiger partial charge in [0, 0.05) is 13.1 Å². The molecule has 17 heavy (non-hydrogen) atoms. The van der Waals surface area contributed by atoms with E-state index in [9.17, 15) is 5.26 Å². The highest BCUT2D eigenvalue weighted by molar-refractivity contribution is 5.17. The van der Waals surface area contributed by atoms with Crippen molar-refractivity contribution in [2.45, 2.75) is 24.9 Å². The fraction of sp³-hybridized carbons (Fsp3) is 0.500. The van der Waals surface area contributed by atoms with E-state index in [2.05, 4.69) is 35.5 Å². The van der Waals surface area contributed by atoms with Crippen molar-refractivity contribution in [3.05, 3.63) is 35.9 Å². The number of piperidine rings is 1. The van der Waals surface area contributed by atoms with Crippen molar-refractivity contribution in [2.24, 2.45) is 0 Å². The van der Waals surface area contributed by atoms with E-state index >= 15 is 0 Å². The van der Waals surface area contributed by atoms with Gasteiger partial charge in [-0.1, -0.05) is 30.3 Å². The summed E-state index contributed by atoms with van der Waals surface area (Å²) in [6.07, 6.45) is 2.03. The van der Waals surface area contributed by atoms with Gasteiger partial charge in [-0.25, -0.2) is 0 Å². The minimum absolute atomic E-state index is 0.372. The smallest absolute Gasteiger partial charge is 0.119 e. The Bertz CT molecular complexity index is 396. The Morgan fingerprint density at radius 1 is 1.41 bits per heavy atom. The Labute approximate surface area is 103 Å². The molecule has 1 atom stereocenters. The number of rotatable bonds is 3. The summed E-state index contributed by atoms with van der Waals surface area (Å²) in [6.45, 7) is 2.68. The van der Waals surface area contributed by atoms with Crippen molar-refractivity contribution in [2.75, 3.05) is 20.1 Å². The van der Waals surface area contributed by atoms with Crippen LogP contribution in [0.2, 0.25) is 0 Å². The van der Waals surface area contributed by atoms with Gasteiger partial charge in [-0.05, 0) is 32.0 Å². The summed E-state index contributed by atoms with van der Waals surface area (Å²) in [6, 6.07) is 12.7. The van der Waals surface area contributed by atoms with Crippen LogP contribution in [0.25, 0.3) is 0 Å². The summed E-state index contributed by atoms with van der Waals surface area (Å²) in [4.78, 5) is 2.23. The first kappa shape index (κ1) is 12.1. The number of nitriles is 1. The van der Waals surface area contributed by atoms with Gasteiger partial charge in [-0.2, -0.15) is 5.26 Å². The molecule has 0 amide bonds. The van der Waals surface area contributed by atoms with E-state index in [0.29, 0.717) is 0 Å². The van der Waals surface area contributed by atoms with Gasteiger partial charge in [0.05, 0.1) is 6.07 Å². The van der Waals surface area contributed by atoms with Gasteiger partial charge in [0.25, 0.3) is 0 Å². The zero-order valence-electron chi connectivity index (χ0n) is 10.3. The van der Waals surface area contributed by atoms with Gasteiger partial charge in [0.15, 0.2) is 0 Å². The van der Waals surface area contributed by atoms with E-state index in [1.807, 2.05) is 18.2 Å². The van der Waals surface area contributed by atoms with Crippen LogP contribution >= 0.6 is 0 Å². The molecule has 2 rings (SSSR count). The lowest BCUT2D eigenvalue weighted by atomic mass is 9.90. The van der Waals surface area contributed by atoms with Crippen molar-refractivity contribution in [3.8, 4) is 6.07 Å². The topological polar surface area (TPSA) is 39.1 Å². The molecule has 0 saturated carbocycles. The van der Waals surface area contributed by atoms with Gasteiger partial charge in [-0.15, -0.1) is 0 Å². The molecule has 1 saturated heterocycles. The second-order valence-electron chi connectivity index (χ2n) is 4.87. The van der Waals surface area contributed by atoms with Crippen LogP contribution in [0, 0.1) is 11.3 Å². The maximum Gasteiger partial charge on any atom is 0.119 e. The highest BCUT2D eigenvalue weighted by atomic mass is 15.2. The molecular weight excluding hydrogens is 210 g/mol. The zero-order valence-corrected chi connectivity index (χ0v) is 10.3. The lowest BCUT2D eigenvalue weighted by Crippen LogP contribution is -2.54. The van der Waals surface area contributed by atoms with Crippen molar-refractivity contribution in [1.29, 1.82) is 5.26 Å². The third kappa shape index (κ3) is 3.06. The van der Waals surface area contributed by atoms with Gasteiger partial charge in [0.1, 0.15) is 5.54 Å². The second kappa shape index (κ2) is 5.31. The van der Waals surface area contributed by atoms with Crippen LogP contribution in [0.4, 0.5) is 0 Å². The van der Waals surface area contributed by atoms with Crippen LogP contribution in [0.1, 0.15) is 18.4 Å². The Morgan fingerprint density at radius 2 is 2.18 bits per heavy atom. The number of hydrogen-bond acceptors (Lipinski definition) is 3. The number of nitrogens with one attached hydrogen (secondary N) is 1. The quantitative estimate of drug-likeness (QED) is 0.858. The monoisotopic (exact) mass is 229 g/mol. The Kier molecular flexibility index (Phi) is 3.78. The largest absolute Gasteiger partial charge is 0.303 e.